The summed E-state index contributed by atoms with van der Waals surface area (Å²) < 4.78 is 80.2. The molecule has 0 unspecified atom stereocenters. The topological polar surface area (TPSA) is 70.2 Å². The Morgan fingerprint density at radius 3 is 2.05 bits per heavy atom. The van der Waals surface area contributed by atoms with Crippen molar-refractivity contribution in [2.45, 2.75) is 70.4 Å². The Labute approximate surface area is 223 Å². The molecule has 4 rings (SSSR count). The molecular formula is C26H33F6N3O4. The van der Waals surface area contributed by atoms with Gasteiger partial charge in [-0.15, -0.1) is 0 Å². The molecule has 1 amide bonds. The van der Waals surface area contributed by atoms with Gasteiger partial charge < -0.3 is 14.5 Å². The van der Waals surface area contributed by atoms with Crippen molar-refractivity contribution in [1.29, 1.82) is 0 Å². The number of anilines is 1. The lowest BCUT2D eigenvalue weighted by Gasteiger charge is -2.39. The zero-order valence-corrected chi connectivity index (χ0v) is 21.7. The summed E-state index contributed by atoms with van der Waals surface area (Å²) in [5, 5.41) is 0. The van der Waals surface area contributed by atoms with E-state index in [0.717, 1.165) is 44.0 Å². The van der Waals surface area contributed by atoms with Crippen molar-refractivity contribution in [2.24, 2.45) is 5.41 Å². The number of aryl methyl sites for hydroxylation is 1. The Balaban J connectivity index is 0.00000134. The van der Waals surface area contributed by atoms with E-state index in [1.54, 1.807) is 0 Å². The van der Waals surface area contributed by atoms with Gasteiger partial charge in [0, 0.05) is 45.0 Å². The molecule has 1 spiro atoms. The van der Waals surface area contributed by atoms with Gasteiger partial charge in [-0.3, -0.25) is 4.90 Å². The number of carbonyl (C=O) groups is 1. The van der Waals surface area contributed by atoms with E-state index in [1.807, 2.05) is 0 Å². The molecule has 0 atom stereocenters. The summed E-state index contributed by atoms with van der Waals surface area (Å²) in [6.45, 7) is 6.91. The van der Waals surface area contributed by atoms with Crippen LogP contribution in [0.25, 0.3) is 0 Å². The monoisotopic (exact) mass is 565 g/mol. The molecule has 1 aromatic rings. The van der Waals surface area contributed by atoms with Gasteiger partial charge in [0.2, 0.25) is 0 Å². The minimum atomic E-state index is -5.71. The van der Waals surface area contributed by atoms with Crippen LogP contribution in [-0.4, -0.2) is 79.8 Å². The van der Waals surface area contributed by atoms with Crippen molar-refractivity contribution in [3.63, 3.8) is 0 Å². The summed E-state index contributed by atoms with van der Waals surface area (Å²) in [6, 6.07) is 6.59. The van der Waals surface area contributed by atoms with Crippen LogP contribution in [0, 0.1) is 12.3 Å². The molecule has 0 radical (unpaired) electrons. The SMILES string of the molecule is Cc1cc(CN2CCC3(CCN(C(=O)OC(C(F)(F)F)C(F)(F)F)CC3)C2)ccc1N1CCCCC1.O=C=O. The Morgan fingerprint density at radius 1 is 0.949 bits per heavy atom. The number of alkyl halides is 6. The Hall–Kier alpha value is -2.79. The third-order valence-corrected chi connectivity index (χ3v) is 7.78. The highest BCUT2D eigenvalue weighted by molar-refractivity contribution is 5.68. The number of amides is 1. The van der Waals surface area contributed by atoms with Crippen LogP contribution in [0.4, 0.5) is 36.8 Å². The Bertz CT molecular complexity index is 998. The van der Waals surface area contributed by atoms with E-state index in [1.165, 1.54) is 36.1 Å². The van der Waals surface area contributed by atoms with Crippen molar-refractivity contribution < 1.29 is 45.5 Å². The Morgan fingerprint density at radius 2 is 1.51 bits per heavy atom. The van der Waals surface area contributed by atoms with E-state index < -0.39 is 24.5 Å². The number of benzene rings is 1. The fourth-order valence-electron chi connectivity index (χ4n) is 5.79. The second-order valence-electron chi connectivity index (χ2n) is 10.5. The van der Waals surface area contributed by atoms with Crippen LogP contribution in [-0.2, 0) is 20.9 Å². The molecule has 39 heavy (non-hydrogen) atoms. The van der Waals surface area contributed by atoms with Gasteiger partial charge in [-0.05, 0) is 74.6 Å². The number of piperidine rings is 2. The van der Waals surface area contributed by atoms with Crippen LogP contribution in [0.5, 0.6) is 0 Å². The number of hydrogen-bond donors (Lipinski definition) is 0. The number of halogens is 6. The number of hydrogen-bond acceptors (Lipinski definition) is 6. The van der Waals surface area contributed by atoms with E-state index >= 15 is 0 Å². The summed E-state index contributed by atoms with van der Waals surface area (Å²) in [4.78, 5) is 34.1. The maximum Gasteiger partial charge on any atom is 0.434 e. The predicted octanol–water partition coefficient (Wildman–Crippen LogP) is 5.32. The van der Waals surface area contributed by atoms with Gasteiger partial charge >= 0.3 is 24.6 Å². The molecule has 3 heterocycles. The summed E-state index contributed by atoms with van der Waals surface area (Å²) in [6.07, 6.45) is -11.2. The third kappa shape index (κ3) is 8.11. The quantitative estimate of drug-likeness (QED) is 0.461. The average Bonchev–Trinajstić information content (AvgIpc) is 3.24. The molecule has 218 valence electrons. The number of likely N-dealkylation sites (tertiary alicyclic amines) is 2. The van der Waals surface area contributed by atoms with Crippen molar-refractivity contribution in [2.75, 3.05) is 44.2 Å². The molecule has 3 aliphatic rings. The van der Waals surface area contributed by atoms with E-state index in [9.17, 15) is 31.1 Å². The van der Waals surface area contributed by atoms with Gasteiger partial charge in [-0.25, -0.2) is 4.79 Å². The number of ether oxygens (including phenoxy) is 1. The van der Waals surface area contributed by atoms with E-state index in [4.69, 9.17) is 9.59 Å². The van der Waals surface area contributed by atoms with Crippen LogP contribution in [0.2, 0.25) is 0 Å². The first-order chi connectivity index (χ1) is 18.3. The van der Waals surface area contributed by atoms with E-state index in [2.05, 4.69) is 39.7 Å². The van der Waals surface area contributed by atoms with Crippen molar-refractivity contribution >= 4 is 17.9 Å². The maximum absolute atomic E-state index is 12.7. The van der Waals surface area contributed by atoms with Crippen LogP contribution in [0.3, 0.4) is 0 Å². The average molecular weight is 566 g/mol. The summed E-state index contributed by atoms with van der Waals surface area (Å²) in [5.74, 6) is 0. The maximum atomic E-state index is 12.7. The standard InChI is InChI=1S/C25H33F6N3O2.CO2/c1-18-15-19(5-6-20(18)33-10-3-2-4-11-33)16-32-12-7-23(17-32)8-13-34(14-9-23)22(35)36-21(24(26,27)28)25(29,30)31;2-1-3/h5-6,15,21H,2-4,7-14,16-17H2,1H3;. The first-order valence-electron chi connectivity index (χ1n) is 12.9. The highest BCUT2D eigenvalue weighted by Gasteiger charge is 2.60. The number of carbonyl (C=O) groups excluding carboxylic acids is 3. The predicted molar refractivity (Wildman–Crippen MR) is 128 cm³/mol. The van der Waals surface area contributed by atoms with Gasteiger partial charge in [0.05, 0.1) is 0 Å². The summed E-state index contributed by atoms with van der Waals surface area (Å²) >= 11 is 0. The lowest BCUT2D eigenvalue weighted by molar-refractivity contribution is -0.308. The normalized spacial score (nSPS) is 20.0. The summed E-state index contributed by atoms with van der Waals surface area (Å²) in [5.41, 5.74) is 3.67. The lowest BCUT2D eigenvalue weighted by atomic mass is 9.78. The first kappa shape index (κ1) is 30.7. The number of rotatable bonds is 4. The van der Waals surface area contributed by atoms with Crippen molar-refractivity contribution in [3.8, 4) is 0 Å². The minimum absolute atomic E-state index is 0.0821. The van der Waals surface area contributed by atoms with Crippen molar-refractivity contribution in [1.82, 2.24) is 9.80 Å². The molecule has 3 saturated heterocycles. The molecule has 0 bridgehead atoms. The Kier molecular flexibility index (Phi) is 9.93. The van der Waals surface area contributed by atoms with Crippen LogP contribution in [0.1, 0.15) is 49.7 Å². The second kappa shape index (κ2) is 12.6. The highest BCUT2D eigenvalue weighted by Crippen LogP contribution is 2.42. The van der Waals surface area contributed by atoms with Crippen molar-refractivity contribution in [3.05, 3.63) is 29.3 Å². The molecule has 0 N–H and O–H groups in total. The molecule has 3 fully saturated rings. The largest absolute Gasteiger partial charge is 0.434 e. The van der Waals surface area contributed by atoms with Crippen LogP contribution in [0.15, 0.2) is 18.2 Å². The molecule has 7 nitrogen and oxygen atoms in total. The fourth-order valence-corrected chi connectivity index (χ4v) is 5.79. The zero-order valence-electron chi connectivity index (χ0n) is 21.7. The van der Waals surface area contributed by atoms with Gasteiger partial charge in [-0.2, -0.15) is 35.9 Å². The van der Waals surface area contributed by atoms with Gasteiger partial charge in [-0.1, -0.05) is 12.1 Å². The molecule has 0 aliphatic carbocycles. The first-order valence-corrected chi connectivity index (χ1v) is 12.9. The number of nitrogens with zero attached hydrogens (tertiary/aromatic N) is 3. The summed E-state index contributed by atoms with van der Waals surface area (Å²) in [7, 11) is 0. The minimum Gasteiger partial charge on any atom is -0.426 e. The molecule has 13 heteroatoms. The van der Waals surface area contributed by atoms with E-state index in [0.29, 0.717) is 12.8 Å². The highest BCUT2D eigenvalue weighted by atomic mass is 19.4. The fraction of sp³-hybridized carbons (Fsp3) is 0.692. The van der Waals surface area contributed by atoms with Crippen LogP contribution < -0.4 is 4.90 Å². The van der Waals surface area contributed by atoms with Gasteiger partial charge in [0.15, 0.2) is 0 Å². The van der Waals surface area contributed by atoms with Gasteiger partial charge in [0.1, 0.15) is 0 Å². The lowest BCUT2D eigenvalue weighted by Crippen LogP contribution is -2.50. The van der Waals surface area contributed by atoms with Gasteiger partial charge in [0.25, 0.3) is 6.10 Å². The molecule has 3 aliphatic heterocycles. The molecular weight excluding hydrogens is 532 g/mol. The molecule has 0 saturated carbocycles. The zero-order chi connectivity index (χ0) is 28.8. The smallest absolute Gasteiger partial charge is 0.426 e. The van der Waals surface area contributed by atoms with E-state index in [-0.39, 0.29) is 24.7 Å². The second-order valence-corrected chi connectivity index (χ2v) is 10.5. The third-order valence-electron chi connectivity index (χ3n) is 7.78. The molecule has 1 aromatic carbocycles. The van der Waals surface area contributed by atoms with Crippen LogP contribution >= 0.6 is 0 Å². The molecule has 0 aromatic heterocycles.